The van der Waals surface area contributed by atoms with E-state index in [2.05, 4.69) is 4.90 Å². The van der Waals surface area contributed by atoms with E-state index in [4.69, 9.17) is 11.6 Å². The Labute approximate surface area is 236 Å². The van der Waals surface area contributed by atoms with Gasteiger partial charge in [0.25, 0.3) is 17.4 Å². The first-order valence-corrected chi connectivity index (χ1v) is 14.0. The molecular weight excluding hydrogens is 547 g/mol. The van der Waals surface area contributed by atoms with E-state index in [1.165, 1.54) is 18.2 Å². The topological polar surface area (TPSA) is 84.3 Å². The number of benzene rings is 2. The van der Waals surface area contributed by atoms with Gasteiger partial charge < -0.3 is 24.9 Å². The highest BCUT2D eigenvalue weighted by Crippen LogP contribution is 2.42. The number of aliphatic hydroxyl groups excluding tert-OH is 1. The number of likely N-dealkylation sites (tertiary alicyclic amines) is 2. The van der Waals surface area contributed by atoms with Crippen molar-refractivity contribution in [2.24, 2.45) is 11.8 Å². The third-order valence-electron chi connectivity index (χ3n) is 8.64. The summed E-state index contributed by atoms with van der Waals surface area (Å²) in [6, 6.07) is 11.9. The molecule has 0 saturated carbocycles. The smallest absolute Gasteiger partial charge is 0.389 e. The van der Waals surface area contributed by atoms with E-state index in [9.17, 15) is 33.0 Å². The van der Waals surface area contributed by atoms with Crippen molar-refractivity contribution in [1.82, 2.24) is 9.80 Å². The number of aliphatic hydroxyl groups is 2. The van der Waals surface area contributed by atoms with Crippen molar-refractivity contribution >= 4 is 29.1 Å². The van der Waals surface area contributed by atoms with Crippen LogP contribution in [0.25, 0.3) is 0 Å². The first-order valence-electron chi connectivity index (χ1n) is 13.6. The summed E-state index contributed by atoms with van der Waals surface area (Å²) < 4.78 is 41.9. The van der Waals surface area contributed by atoms with E-state index < -0.39 is 29.4 Å². The molecule has 216 valence electrons. The Kier molecular flexibility index (Phi) is 8.05. The lowest BCUT2D eigenvalue weighted by atomic mass is 9.78. The molecule has 0 aliphatic carbocycles. The number of anilines is 1. The summed E-state index contributed by atoms with van der Waals surface area (Å²) in [5.41, 5.74) is -2.70. The Morgan fingerprint density at radius 1 is 0.850 bits per heavy atom. The van der Waals surface area contributed by atoms with Crippen LogP contribution < -0.4 is 4.90 Å². The lowest BCUT2D eigenvalue weighted by Crippen LogP contribution is -2.57. The van der Waals surface area contributed by atoms with E-state index in [0.29, 0.717) is 42.4 Å². The van der Waals surface area contributed by atoms with Crippen molar-refractivity contribution < 1.29 is 33.0 Å². The summed E-state index contributed by atoms with van der Waals surface area (Å²) in [5, 5.41) is 20.5. The minimum atomic E-state index is -5.14. The molecule has 7 nitrogen and oxygen atoms in total. The van der Waals surface area contributed by atoms with Crippen LogP contribution in [0.15, 0.2) is 48.5 Å². The quantitative estimate of drug-likeness (QED) is 0.558. The minimum Gasteiger partial charge on any atom is -0.389 e. The number of β-amino-alcohol motifs (C(OH)–C–C–N with tert-alkyl or cyclic N) is 1. The Morgan fingerprint density at radius 3 is 1.95 bits per heavy atom. The lowest BCUT2D eigenvalue weighted by molar-refractivity contribution is -0.262. The number of piperidine rings is 2. The van der Waals surface area contributed by atoms with Gasteiger partial charge in [0.1, 0.15) is 0 Å². The predicted octanol–water partition coefficient (Wildman–Crippen LogP) is 4.06. The number of alkyl halides is 3. The second-order valence-electron chi connectivity index (χ2n) is 11.1. The van der Waals surface area contributed by atoms with E-state index in [1.54, 1.807) is 17.0 Å². The van der Waals surface area contributed by atoms with Gasteiger partial charge >= 0.3 is 6.18 Å². The molecule has 2 amide bonds. The van der Waals surface area contributed by atoms with Crippen molar-refractivity contribution in [3.63, 3.8) is 0 Å². The van der Waals surface area contributed by atoms with Crippen LogP contribution in [-0.2, 0) is 10.4 Å². The lowest BCUT2D eigenvalue weighted by Gasteiger charge is -2.42. The number of hydrogen-bond donors (Lipinski definition) is 2. The zero-order valence-electron chi connectivity index (χ0n) is 22.0. The number of halogens is 4. The fourth-order valence-corrected chi connectivity index (χ4v) is 6.44. The van der Waals surface area contributed by atoms with E-state index in [0.717, 1.165) is 48.7 Å². The third-order valence-corrected chi connectivity index (χ3v) is 8.95. The molecule has 3 saturated heterocycles. The molecular formula is C29H33ClF3N3O4. The number of rotatable bonds is 5. The average Bonchev–Trinajstić information content (AvgIpc) is 2.94. The number of carbonyl (C=O) groups excluding carboxylic acids is 2. The van der Waals surface area contributed by atoms with Crippen LogP contribution >= 0.6 is 11.6 Å². The molecule has 0 spiro atoms. The SMILES string of the molecule is O=C(c1ccc(N2CCC(C3CCN(C(=O)[C@](O)(c4ccccc4)C(F)(F)F)CC3)CC2)cc1Cl)N1CC(O)C1. The van der Waals surface area contributed by atoms with Gasteiger partial charge in [-0.05, 0) is 55.7 Å². The zero-order chi connectivity index (χ0) is 28.7. The minimum absolute atomic E-state index is 0.175. The monoisotopic (exact) mass is 579 g/mol. The number of carbonyl (C=O) groups is 2. The fraction of sp³-hybridized carbons (Fsp3) is 0.517. The molecule has 40 heavy (non-hydrogen) atoms. The first kappa shape index (κ1) is 28.7. The fourth-order valence-electron chi connectivity index (χ4n) is 6.19. The van der Waals surface area contributed by atoms with Crippen LogP contribution in [-0.4, -0.2) is 83.4 Å². The van der Waals surface area contributed by atoms with Crippen LogP contribution in [0, 0.1) is 11.8 Å². The molecule has 0 unspecified atom stereocenters. The second kappa shape index (κ2) is 11.2. The standard InChI is InChI=1S/C29H33ClF3N3O4/c30-25-16-22(6-7-24(25)26(38)36-17-23(37)18-36)34-12-8-19(9-13-34)20-10-14-35(15-11-20)27(39)28(40,29(31,32)33)21-4-2-1-3-5-21/h1-7,16,19-20,23,37,40H,8-15,17-18H2/t28-/m1/s1. The Hall–Kier alpha value is -2.82. The number of amides is 2. The van der Waals surface area contributed by atoms with Gasteiger partial charge in [0, 0.05) is 50.5 Å². The molecule has 3 fully saturated rings. The summed E-state index contributed by atoms with van der Waals surface area (Å²) in [5.74, 6) is -0.831. The molecule has 0 bridgehead atoms. The van der Waals surface area contributed by atoms with Crippen molar-refractivity contribution in [1.29, 1.82) is 0 Å². The Morgan fingerprint density at radius 2 is 1.43 bits per heavy atom. The average molecular weight is 580 g/mol. The van der Waals surface area contributed by atoms with Crippen LogP contribution in [0.4, 0.5) is 18.9 Å². The molecule has 0 aromatic heterocycles. The molecule has 3 heterocycles. The van der Waals surface area contributed by atoms with Crippen LogP contribution in [0.2, 0.25) is 5.02 Å². The van der Waals surface area contributed by atoms with Gasteiger partial charge in [-0.1, -0.05) is 41.9 Å². The van der Waals surface area contributed by atoms with Crippen LogP contribution in [0.1, 0.15) is 41.6 Å². The summed E-state index contributed by atoms with van der Waals surface area (Å²) in [4.78, 5) is 30.5. The van der Waals surface area contributed by atoms with Crippen molar-refractivity contribution in [3.8, 4) is 0 Å². The van der Waals surface area contributed by atoms with Gasteiger partial charge in [0.05, 0.1) is 16.7 Å². The summed E-state index contributed by atoms with van der Waals surface area (Å²) >= 11 is 6.44. The maximum absolute atomic E-state index is 14.0. The molecule has 0 radical (unpaired) electrons. The molecule has 2 N–H and O–H groups in total. The van der Waals surface area contributed by atoms with Gasteiger partial charge in [-0.25, -0.2) is 0 Å². The van der Waals surface area contributed by atoms with Gasteiger partial charge in [-0.15, -0.1) is 0 Å². The van der Waals surface area contributed by atoms with Crippen molar-refractivity contribution in [3.05, 3.63) is 64.7 Å². The van der Waals surface area contributed by atoms with Crippen LogP contribution in [0.5, 0.6) is 0 Å². The molecule has 3 aliphatic heterocycles. The molecule has 11 heteroatoms. The number of hydrogen-bond acceptors (Lipinski definition) is 5. The van der Waals surface area contributed by atoms with E-state index >= 15 is 0 Å². The number of nitrogens with zero attached hydrogens (tertiary/aromatic N) is 3. The second-order valence-corrected chi connectivity index (χ2v) is 11.5. The van der Waals surface area contributed by atoms with Crippen molar-refractivity contribution in [2.75, 3.05) is 44.2 Å². The van der Waals surface area contributed by atoms with Gasteiger partial charge in [0.2, 0.25) is 0 Å². The molecule has 1 atom stereocenters. The maximum Gasteiger partial charge on any atom is 0.430 e. The van der Waals surface area contributed by atoms with Gasteiger partial charge in [0.15, 0.2) is 0 Å². The van der Waals surface area contributed by atoms with Gasteiger partial charge in [-0.2, -0.15) is 13.2 Å². The van der Waals surface area contributed by atoms with E-state index in [-0.39, 0.29) is 24.9 Å². The molecule has 2 aromatic rings. The van der Waals surface area contributed by atoms with Gasteiger partial charge in [-0.3, -0.25) is 9.59 Å². The molecule has 2 aromatic carbocycles. The highest BCUT2D eigenvalue weighted by Gasteiger charge is 2.62. The van der Waals surface area contributed by atoms with Crippen molar-refractivity contribution in [2.45, 2.75) is 43.6 Å². The van der Waals surface area contributed by atoms with Crippen LogP contribution in [0.3, 0.4) is 0 Å². The largest absolute Gasteiger partial charge is 0.430 e. The summed E-state index contributed by atoms with van der Waals surface area (Å²) in [6.45, 7) is 2.55. The Bertz CT molecular complexity index is 1220. The first-order chi connectivity index (χ1) is 19.0. The third kappa shape index (κ3) is 5.41. The normalized spacial score (nSPS) is 21.2. The highest BCUT2D eigenvalue weighted by atomic mass is 35.5. The molecule has 3 aliphatic rings. The van der Waals surface area contributed by atoms with E-state index in [1.807, 2.05) is 6.07 Å². The highest BCUT2D eigenvalue weighted by molar-refractivity contribution is 6.34. The molecule has 5 rings (SSSR count). The summed E-state index contributed by atoms with van der Waals surface area (Å²) in [7, 11) is 0. The predicted molar refractivity (Wildman–Crippen MR) is 144 cm³/mol. The zero-order valence-corrected chi connectivity index (χ0v) is 22.7. The Balaban J connectivity index is 1.15. The maximum atomic E-state index is 14.0. The summed E-state index contributed by atoms with van der Waals surface area (Å²) in [6.07, 6.45) is -2.63.